The summed E-state index contributed by atoms with van der Waals surface area (Å²) >= 11 is 0. The van der Waals surface area contributed by atoms with Gasteiger partial charge in [-0.15, -0.1) is 0 Å². The number of methoxy groups -OCH3 is 1. The van der Waals surface area contributed by atoms with Crippen LogP contribution in [0.25, 0.3) is 33.5 Å². The van der Waals surface area contributed by atoms with Gasteiger partial charge in [-0.2, -0.15) is 0 Å². The van der Waals surface area contributed by atoms with E-state index >= 15 is 0 Å². The molecule has 7 nitrogen and oxygen atoms in total. The fraction of sp³-hybridized carbons (Fsp3) is 0.192. The predicted octanol–water partition coefficient (Wildman–Crippen LogP) is 5.63. The molecular weight excluding hydrogens is 433 g/mol. The van der Waals surface area contributed by atoms with Crippen molar-refractivity contribution in [2.24, 2.45) is 0 Å². The minimum Gasteiger partial charge on any atom is -0.496 e. The average molecular weight is 458 g/mol. The van der Waals surface area contributed by atoms with E-state index in [2.05, 4.69) is 25.0 Å². The second-order valence-corrected chi connectivity index (χ2v) is 8.11. The highest BCUT2D eigenvalue weighted by Crippen LogP contribution is 2.30. The summed E-state index contributed by atoms with van der Waals surface area (Å²) in [6, 6.07) is 14.9. The van der Waals surface area contributed by atoms with Crippen LogP contribution in [0.4, 0.5) is 10.2 Å². The standard InChI is InChI=1S/C26H24FN5O2/c1-16-14-31-34-26(16)19-6-4-18(5-7-19)22-13-25(30-15-29-22)28-8-9-32-17(2)10-21-23(32)11-20(27)12-24(21)33-3/h4-7,10-15H,8-9H2,1-3H3,(H,28,29,30). The van der Waals surface area contributed by atoms with Gasteiger partial charge in [-0.05, 0) is 26.0 Å². The highest BCUT2D eigenvalue weighted by Gasteiger charge is 2.12. The number of benzene rings is 2. The number of aromatic nitrogens is 4. The lowest BCUT2D eigenvalue weighted by atomic mass is 10.1. The summed E-state index contributed by atoms with van der Waals surface area (Å²) in [5, 5.41) is 8.09. The van der Waals surface area contributed by atoms with Gasteiger partial charge in [-0.25, -0.2) is 14.4 Å². The summed E-state index contributed by atoms with van der Waals surface area (Å²) in [6.45, 7) is 5.23. The van der Waals surface area contributed by atoms with E-state index in [9.17, 15) is 4.39 Å². The van der Waals surface area contributed by atoms with Crippen molar-refractivity contribution in [1.82, 2.24) is 19.7 Å². The Bertz CT molecular complexity index is 1460. The number of hydrogen-bond donors (Lipinski definition) is 1. The van der Waals surface area contributed by atoms with E-state index in [1.54, 1.807) is 19.6 Å². The Morgan fingerprint density at radius 2 is 1.82 bits per heavy atom. The molecule has 0 unspecified atom stereocenters. The summed E-state index contributed by atoms with van der Waals surface area (Å²) in [6.07, 6.45) is 3.25. The molecule has 0 saturated heterocycles. The molecule has 0 spiro atoms. The van der Waals surface area contributed by atoms with E-state index in [1.165, 1.54) is 12.1 Å². The van der Waals surface area contributed by atoms with E-state index in [4.69, 9.17) is 9.26 Å². The summed E-state index contributed by atoms with van der Waals surface area (Å²) < 4.78 is 26.8. The molecule has 1 N–H and O–H groups in total. The van der Waals surface area contributed by atoms with E-state index < -0.39 is 0 Å². The number of anilines is 1. The van der Waals surface area contributed by atoms with E-state index in [0.29, 0.717) is 18.8 Å². The van der Waals surface area contributed by atoms with Crippen LogP contribution in [0, 0.1) is 19.7 Å². The maximum absolute atomic E-state index is 14.1. The SMILES string of the molecule is COc1cc(F)cc2c1cc(C)n2CCNc1cc(-c2ccc(-c3oncc3C)cc2)ncn1. The fourth-order valence-electron chi connectivity index (χ4n) is 4.16. The predicted molar refractivity (Wildman–Crippen MR) is 129 cm³/mol. The third kappa shape index (κ3) is 4.10. The van der Waals surface area contributed by atoms with Gasteiger partial charge in [0, 0.05) is 53.0 Å². The molecule has 0 amide bonds. The summed E-state index contributed by atoms with van der Waals surface area (Å²) in [5.41, 5.74) is 5.59. The molecule has 0 saturated carbocycles. The van der Waals surface area contributed by atoms with Gasteiger partial charge in [0.25, 0.3) is 0 Å². The van der Waals surface area contributed by atoms with E-state index in [1.807, 2.05) is 50.2 Å². The average Bonchev–Trinajstić information content (AvgIpc) is 3.41. The fourth-order valence-corrected chi connectivity index (χ4v) is 4.16. The van der Waals surface area contributed by atoms with Gasteiger partial charge in [0.2, 0.25) is 0 Å². The van der Waals surface area contributed by atoms with Crippen molar-refractivity contribution in [3.05, 3.63) is 78.1 Å². The first-order chi connectivity index (χ1) is 16.5. The van der Waals surface area contributed by atoms with E-state index in [-0.39, 0.29) is 5.82 Å². The lowest BCUT2D eigenvalue weighted by Gasteiger charge is -2.11. The molecule has 5 aromatic rings. The third-order valence-electron chi connectivity index (χ3n) is 5.87. The van der Waals surface area contributed by atoms with E-state index in [0.717, 1.165) is 50.6 Å². The molecule has 172 valence electrons. The van der Waals surface area contributed by atoms with Crippen molar-refractivity contribution >= 4 is 16.7 Å². The lowest BCUT2D eigenvalue weighted by molar-refractivity contribution is 0.416. The van der Waals surface area contributed by atoms with Gasteiger partial charge in [0.1, 0.15) is 23.7 Å². The number of nitrogens with one attached hydrogen (secondary N) is 1. The molecule has 3 heterocycles. The quantitative estimate of drug-likeness (QED) is 0.341. The van der Waals surface area contributed by atoms with Crippen LogP contribution in [0.5, 0.6) is 5.75 Å². The molecule has 0 aliphatic heterocycles. The zero-order valence-electron chi connectivity index (χ0n) is 19.2. The van der Waals surface area contributed by atoms with Crippen molar-refractivity contribution in [2.45, 2.75) is 20.4 Å². The molecule has 3 aromatic heterocycles. The Kier molecular flexibility index (Phi) is 5.71. The molecule has 0 atom stereocenters. The highest BCUT2D eigenvalue weighted by molar-refractivity contribution is 5.87. The minimum atomic E-state index is -0.318. The van der Waals surface area contributed by atoms with Crippen molar-refractivity contribution < 1.29 is 13.7 Å². The van der Waals surface area contributed by atoms with Crippen molar-refractivity contribution in [3.63, 3.8) is 0 Å². The first-order valence-electron chi connectivity index (χ1n) is 10.9. The number of nitrogens with zero attached hydrogens (tertiary/aromatic N) is 4. The molecule has 0 fully saturated rings. The smallest absolute Gasteiger partial charge is 0.169 e. The number of ether oxygens (including phenoxy) is 1. The molecule has 0 radical (unpaired) electrons. The Hall–Kier alpha value is -4.20. The number of rotatable bonds is 7. The monoisotopic (exact) mass is 457 g/mol. The molecule has 0 aliphatic carbocycles. The number of aryl methyl sites for hydroxylation is 2. The molecule has 0 bridgehead atoms. The largest absolute Gasteiger partial charge is 0.496 e. The lowest BCUT2D eigenvalue weighted by Crippen LogP contribution is -2.12. The number of hydrogen-bond acceptors (Lipinski definition) is 6. The van der Waals surface area contributed by atoms with Gasteiger partial charge in [-0.3, -0.25) is 0 Å². The molecule has 0 aliphatic rings. The topological polar surface area (TPSA) is 78.0 Å². The molecular formula is C26H24FN5O2. The van der Waals surface area contributed by atoms with Gasteiger partial charge < -0.3 is 19.1 Å². The van der Waals surface area contributed by atoms with Crippen LogP contribution in [0.2, 0.25) is 0 Å². The molecule has 5 rings (SSSR count). The van der Waals surface area contributed by atoms with Crippen molar-refractivity contribution in [1.29, 1.82) is 0 Å². The van der Waals surface area contributed by atoms with Gasteiger partial charge in [0.15, 0.2) is 5.76 Å². The molecule has 34 heavy (non-hydrogen) atoms. The maximum Gasteiger partial charge on any atom is 0.169 e. The second-order valence-electron chi connectivity index (χ2n) is 8.11. The first-order valence-corrected chi connectivity index (χ1v) is 10.9. The van der Waals surface area contributed by atoms with Crippen molar-refractivity contribution in [2.75, 3.05) is 19.0 Å². The molecule has 8 heteroatoms. The first kappa shape index (κ1) is 21.6. The van der Waals surface area contributed by atoms with Gasteiger partial charge >= 0.3 is 0 Å². The Labute approximate surface area is 196 Å². The van der Waals surface area contributed by atoms with Crippen molar-refractivity contribution in [3.8, 4) is 28.3 Å². The van der Waals surface area contributed by atoms with Crippen LogP contribution >= 0.6 is 0 Å². The van der Waals surface area contributed by atoms with Crippen LogP contribution < -0.4 is 10.1 Å². The second kappa shape index (κ2) is 8.97. The highest BCUT2D eigenvalue weighted by atomic mass is 19.1. The summed E-state index contributed by atoms with van der Waals surface area (Å²) in [4.78, 5) is 8.76. The van der Waals surface area contributed by atoms with Crippen LogP contribution in [-0.2, 0) is 6.54 Å². The van der Waals surface area contributed by atoms with Crippen LogP contribution in [-0.4, -0.2) is 33.3 Å². The van der Waals surface area contributed by atoms with Gasteiger partial charge in [-0.1, -0.05) is 29.4 Å². The summed E-state index contributed by atoms with van der Waals surface area (Å²) in [7, 11) is 1.55. The van der Waals surface area contributed by atoms with Crippen LogP contribution in [0.3, 0.4) is 0 Å². The van der Waals surface area contributed by atoms with Crippen LogP contribution in [0.15, 0.2) is 65.6 Å². The third-order valence-corrected chi connectivity index (χ3v) is 5.87. The zero-order chi connectivity index (χ0) is 23.7. The Morgan fingerprint density at radius 3 is 2.56 bits per heavy atom. The normalized spacial score (nSPS) is 11.2. The molecule has 2 aromatic carbocycles. The Morgan fingerprint density at radius 1 is 1.03 bits per heavy atom. The summed E-state index contributed by atoms with van der Waals surface area (Å²) in [5.74, 6) is 1.70. The maximum atomic E-state index is 14.1. The minimum absolute atomic E-state index is 0.318. The number of fused-ring (bicyclic) bond motifs is 1. The zero-order valence-corrected chi connectivity index (χ0v) is 19.2. The van der Waals surface area contributed by atoms with Crippen LogP contribution in [0.1, 0.15) is 11.3 Å². The Balaban J connectivity index is 1.30. The number of halogens is 1. The van der Waals surface area contributed by atoms with Gasteiger partial charge in [0.05, 0.1) is 24.5 Å².